The second-order valence-electron chi connectivity index (χ2n) is 5.06. The number of ether oxygens (including phenoxy) is 1. The summed E-state index contributed by atoms with van der Waals surface area (Å²) in [6.07, 6.45) is 4.67. The van der Waals surface area contributed by atoms with E-state index in [9.17, 15) is 0 Å². The van der Waals surface area contributed by atoms with Crippen molar-refractivity contribution in [3.63, 3.8) is 0 Å². The van der Waals surface area contributed by atoms with Gasteiger partial charge in [-0.3, -0.25) is 0 Å². The normalized spacial score (nSPS) is 23.5. The standard InChI is InChI=1S/C15H21Cl2NO/c1-2-14-10-13(6-8-19-14)18-7-5-11-3-4-12(16)9-15(11)17/h3-4,9,13-14,18H,2,5-8,10H2,1H3. The van der Waals surface area contributed by atoms with Gasteiger partial charge >= 0.3 is 0 Å². The molecule has 1 fully saturated rings. The van der Waals surface area contributed by atoms with Gasteiger partial charge in [-0.25, -0.2) is 0 Å². The number of hydrogen-bond donors (Lipinski definition) is 1. The van der Waals surface area contributed by atoms with Gasteiger partial charge in [0.15, 0.2) is 0 Å². The molecule has 4 heteroatoms. The predicted octanol–water partition coefficient (Wildman–Crippen LogP) is 4.08. The predicted molar refractivity (Wildman–Crippen MR) is 81.2 cm³/mol. The van der Waals surface area contributed by atoms with Crippen LogP contribution in [0.15, 0.2) is 18.2 Å². The zero-order valence-electron chi connectivity index (χ0n) is 11.3. The molecule has 2 atom stereocenters. The highest BCUT2D eigenvalue weighted by Gasteiger charge is 2.20. The van der Waals surface area contributed by atoms with Crippen molar-refractivity contribution in [2.75, 3.05) is 13.2 Å². The summed E-state index contributed by atoms with van der Waals surface area (Å²) in [6.45, 7) is 4.00. The average Bonchev–Trinajstić information content (AvgIpc) is 2.41. The molecular weight excluding hydrogens is 281 g/mol. The molecule has 0 bridgehead atoms. The fraction of sp³-hybridized carbons (Fsp3) is 0.600. The summed E-state index contributed by atoms with van der Waals surface area (Å²) in [5.74, 6) is 0. The van der Waals surface area contributed by atoms with Crippen LogP contribution >= 0.6 is 23.2 Å². The molecule has 19 heavy (non-hydrogen) atoms. The van der Waals surface area contributed by atoms with Gasteiger partial charge in [0.1, 0.15) is 0 Å². The van der Waals surface area contributed by atoms with Gasteiger partial charge in [0, 0.05) is 22.7 Å². The maximum absolute atomic E-state index is 6.16. The highest BCUT2D eigenvalue weighted by atomic mass is 35.5. The first-order valence-corrected chi connectivity index (χ1v) is 7.73. The Kier molecular flexibility index (Phi) is 5.96. The highest BCUT2D eigenvalue weighted by molar-refractivity contribution is 6.35. The van der Waals surface area contributed by atoms with Gasteiger partial charge in [-0.15, -0.1) is 0 Å². The molecule has 1 aromatic rings. The van der Waals surface area contributed by atoms with E-state index in [1.165, 1.54) is 0 Å². The third kappa shape index (κ3) is 4.64. The van der Waals surface area contributed by atoms with E-state index in [1.807, 2.05) is 12.1 Å². The molecule has 0 spiro atoms. The van der Waals surface area contributed by atoms with Gasteiger partial charge < -0.3 is 10.1 Å². The first-order valence-electron chi connectivity index (χ1n) is 6.98. The molecule has 1 saturated heterocycles. The lowest BCUT2D eigenvalue weighted by atomic mass is 10.0. The molecule has 0 aliphatic carbocycles. The Labute approximate surface area is 125 Å². The zero-order valence-corrected chi connectivity index (χ0v) is 12.8. The van der Waals surface area contributed by atoms with Crippen LogP contribution in [0.4, 0.5) is 0 Å². The summed E-state index contributed by atoms with van der Waals surface area (Å²) in [6, 6.07) is 6.28. The van der Waals surface area contributed by atoms with E-state index >= 15 is 0 Å². The van der Waals surface area contributed by atoms with E-state index in [1.54, 1.807) is 6.07 Å². The monoisotopic (exact) mass is 301 g/mol. The molecule has 2 nitrogen and oxygen atoms in total. The topological polar surface area (TPSA) is 21.3 Å². The molecule has 0 amide bonds. The van der Waals surface area contributed by atoms with Gasteiger partial charge in [0.2, 0.25) is 0 Å². The molecule has 0 radical (unpaired) electrons. The molecule has 2 rings (SSSR count). The smallest absolute Gasteiger partial charge is 0.0587 e. The number of nitrogens with one attached hydrogen (secondary N) is 1. The minimum Gasteiger partial charge on any atom is -0.378 e. The van der Waals surface area contributed by atoms with Crippen molar-refractivity contribution in [1.82, 2.24) is 5.32 Å². The van der Waals surface area contributed by atoms with Gasteiger partial charge in [0.25, 0.3) is 0 Å². The summed E-state index contributed by atoms with van der Waals surface area (Å²) >= 11 is 12.1. The Balaban J connectivity index is 1.76. The molecule has 106 valence electrons. The van der Waals surface area contributed by atoms with Crippen LogP contribution in [-0.4, -0.2) is 25.3 Å². The van der Waals surface area contributed by atoms with Crippen molar-refractivity contribution >= 4 is 23.2 Å². The molecule has 1 aromatic carbocycles. The van der Waals surface area contributed by atoms with Crippen molar-refractivity contribution in [2.45, 2.75) is 44.8 Å². The van der Waals surface area contributed by atoms with Crippen LogP contribution in [0, 0.1) is 0 Å². The zero-order chi connectivity index (χ0) is 13.7. The highest BCUT2D eigenvalue weighted by Crippen LogP contribution is 2.21. The number of benzene rings is 1. The Bertz CT molecular complexity index is 411. The molecular formula is C15H21Cl2NO. The Morgan fingerprint density at radius 2 is 2.21 bits per heavy atom. The van der Waals surface area contributed by atoms with Gasteiger partial charge in [-0.1, -0.05) is 36.2 Å². The minimum atomic E-state index is 0.422. The first-order chi connectivity index (χ1) is 9.19. The van der Waals surface area contributed by atoms with E-state index in [0.717, 1.165) is 49.4 Å². The van der Waals surface area contributed by atoms with Crippen molar-refractivity contribution in [3.05, 3.63) is 33.8 Å². The van der Waals surface area contributed by atoms with Crippen LogP contribution in [0.25, 0.3) is 0 Å². The molecule has 2 unspecified atom stereocenters. The summed E-state index contributed by atoms with van der Waals surface area (Å²) in [4.78, 5) is 0. The molecule has 1 aliphatic rings. The van der Waals surface area contributed by atoms with Gasteiger partial charge in [-0.05, 0) is 49.9 Å². The maximum Gasteiger partial charge on any atom is 0.0587 e. The average molecular weight is 302 g/mol. The third-order valence-corrected chi connectivity index (χ3v) is 4.25. The van der Waals surface area contributed by atoms with Gasteiger partial charge in [-0.2, -0.15) is 0 Å². The number of halogens is 2. The second kappa shape index (κ2) is 7.49. The Hall–Kier alpha value is -0.280. The van der Waals surface area contributed by atoms with Crippen LogP contribution < -0.4 is 5.32 Å². The molecule has 0 aromatic heterocycles. The van der Waals surface area contributed by atoms with E-state index < -0.39 is 0 Å². The minimum absolute atomic E-state index is 0.422. The SMILES string of the molecule is CCC1CC(NCCc2ccc(Cl)cc2Cl)CCO1. The van der Waals surface area contributed by atoms with Crippen molar-refractivity contribution in [1.29, 1.82) is 0 Å². The molecule has 1 N–H and O–H groups in total. The van der Waals surface area contributed by atoms with Crippen molar-refractivity contribution in [3.8, 4) is 0 Å². The van der Waals surface area contributed by atoms with Crippen LogP contribution in [0.3, 0.4) is 0 Å². The molecule has 0 saturated carbocycles. The number of hydrogen-bond acceptors (Lipinski definition) is 2. The molecule has 1 heterocycles. The fourth-order valence-corrected chi connectivity index (χ4v) is 2.99. The number of rotatable bonds is 5. The van der Waals surface area contributed by atoms with Crippen molar-refractivity contribution < 1.29 is 4.74 Å². The molecule has 1 aliphatic heterocycles. The van der Waals surface area contributed by atoms with Crippen LogP contribution in [0.2, 0.25) is 10.0 Å². The van der Waals surface area contributed by atoms with E-state index in [0.29, 0.717) is 17.2 Å². The van der Waals surface area contributed by atoms with E-state index in [2.05, 4.69) is 12.2 Å². The second-order valence-corrected chi connectivity index (χ2v) is 5.91. The largest absolute Gasteiger partial charge is 0.378 e. The summed E-state index contributed by atoms with van der Waals surface area (Å²) < 4.78 is 5.68. The van der Waals surface area contributed by atoms with Gasteiger partial charge in [0.05, 0.1) is 6.10 Å². The third-order valence-electron chi connectivity index (χ3n) is 3.67. The van der Waals surface area contributed by atoms with Crippen LogP contribution in [0.1, 0.15) is 31.7 Å². The summed E-state index contributed by atoms with van der Waals surface area (Å²) in [7, 11) is 0. The lowest BCUT2D eigenvalue weighted by Gasteiger charge is -2.29. The summed E-state index contributed by atoms with van der Waals surface area (Å²) in [5.41, 5.74) is 1.15. The van der Waals surface area contributed by atoms with Crippen LogP contribution in [0.5, 0.6) is 0 Å². The summed E-state index contributed by atoms with van der Waals surface area (Å²) in [5, 5.41) is 5.05. The Morgan fingerprint density at radius 1 is 1.37 bits per heavy atom. The maximum atomic E-state index is 6.16. The van der Waals surface area contributed by atoms with Crippen LogP contribution in [-0.2, 0) is 11.2 Å². The lowest BCUT2D eigenvalue weighted by Crippen LogP contribution is -2.39. The quantitative estimate of drug-likeness (QED) is 0.885. The van der Waals surface area contributed by atoms with E-state index in [4.69, 9.17) is 27.9 Å². The first kappa shape index (κ1) is 15.1. The fourth-order valence-electron chi connectivity index (χ4n) is 2.49. The van der Waals surface area contributed by atoms with E-state index in [-0.39, 0.29) is 0 Å². The lowest BCUT2D eigenvalue weighted by molar-refractivity contribution is 0.000116. The van der Waals surface area contributed by atoms with Crippen molar-refractivity contribution in [2.24, 2.45) is 0 Å². The Morgan fingerprint density at radius 3 is 2.95 bits per heavy atom.